The van der Waals surface area contributed by atoms with Crippen LogP contribution in [0.25, 0.3) is 0 Å². The second-order valence-corrected chi connectivity index (χ2v) is 6.71. The van der Waals surface area contributed by atoms with Gasteiger partial charge in [0.1, 0.15) is 6.04 Å². The third kappa shape index (κ3) is 2.82. The molecule has 0 bridgehead atoms. The second kappa shape index (κ2) is 6.41. The predicted molar refractivity (Wildman–Crippen MR) is 77.5 cm³/mol. The Morgan fingerprint density at radius 3 is 2.55 bits per heavy atom. The SMILES string of the molecule is OC12CCCCC1C(c1c(Cl)cccc1Cl)[NH2+]CC2.[Cl-]. The Morgan fingerprint density at radius 2 is 1.85 bits per heavy atom. The molecule has 1 aliphatic heterocycles. The monoisotopic (exact) mass is 335 g/mol. The van der Waals surface area contributed by atoms with Gasteiger partial charge < -0.3 is 22.8 Å². The first-order valence-corrected chi connectivity index (χ1v) is 7.87. The Balaban J connectivity index is 0.00000147. The third-order valence-electron chi connectivity index (χ3n) is 4.83. The lowest BCUT2D eigenvalue weighted by Crippen LogP contribution is -3.00. The lowest BCUT2D eigenvalue weighted by molar-refractivity contribution is -0.719. The number of hydrogen-bond acceptors (Lipinski definition) is 1. The van der Waals surface area contributed by atoms with Crippen LogP contribution in [0.15, 0.2) is 18.2 Å². The summed E-state index contributed by atoms with van der Waals surface area (Å²) in [6, 6.07) is 5.87. The fraction of sp³-hybridized carbons (Fsp3) is 0.600. The Morgan fingerprint density at radius 1 is 1.15 bits per heavy atom. The number of aliphatic hydroxyl groups is 1. The molecule has 1 aliphatic carbocycles. The van der Waals surface area contributed by atoms with Crippen molar-refractivity contribution in [2.45, 2.75) is 43.7 Å². The van der Waals surface area contributed by atoms with E-state index in [2.05, 4.69) is 5.32 Å². The molecule has 5 heteroatoms. The molecule has 3 rings (SSSR count). The first kappa shape index (κ1) is 16.4. The van der Waals surface area contributed by atoms with Crippen molar-refractivity contribution in [1.82, 2.24) is 0 Å². The highest BCUT2D eigenvalue weighted by molar-refractivity contribution is 6.36. The molecular weight excluding hydrogens is 317 g/mol. The molecular formula is C15H20Cl3NO. The zero-order valence-electron chi connectivity index (χ0n) is 11.3. The molecule has 3 N–H and O–H groups in total. The molecule has 1 saturated heterocycles. The maximum atomic E-state index is 10.9. The molecule has 112 valence electrons. The van der Waals surface area contributed by atoms with Crippen LogP contribution in [0.2, 0.25) is 10.0 Å². The van der Waals surface area contributed by atoms with E-state index in [1.165, 1.54) is 6.42 Å². The van der Waals surface area contributed by atoms with Gasteiger partial charge in [-0.2, -0.15) is 0 Å². The number of fused-ring (bicyclic) bond motifs is 1. The number of piperidine rings is 1. The van der Waals surface area contributed by atoms with Crippen molar-refractivity contribution in [2.24, 2.45) is 5.92 Å². The fourth-order valence-corrected chi connectivity index (χ4v) is 4.55. The van der Waals surface area contributed by atoms with Crippen molar-refractivity contribution >= 4 is 23.2 Å². The standard InChI is InChI=1S/C15H19Cl2NO.ClH/c16-11-5-3-6-12(17)13(11)14-10-4-1-2-7-15(10,19)8-9-18-14;/h3,5-6,10,14,18-19H,1-2,4,7-9H2;1H. The molecule has 1 aromatic carbocycles. The Bertz CT molecular complexity index is 458. The predicted octanol–water partition coefficient (Wildman–Crippen LogP) is -0.0731. The van der Waals surface area contributed by atoms with E-state index in [-0.39, 0.29) is 24.4 Å². The normalized spacial score (nSPS) is 33.1. The summed E-state index contributed by atoms with van der Waals surface area (Å²) in [4.78, 5) is 0. The first-order chi connectivity index (χ1) is 9.12. The van der Waals surface area contributed by atoms with E-state index >= 15 is 0 Å². The van der Waals surface area contributed by atoms with Crippen molar-refractivity contribution in [1.29, 1.82) is 0 Å². The van der Waals surface area contributed by atoms with Gasteiger partial charge in [-0.25, -0.2) is 0 Å². The number of hydrogen-bond donors (Lipinski definition) is 2. The van der Waals surface area contributed by atoms with Gasteiger partial charge in [0.2, 0.25) is 0 Å². The Labute approximate surface area is 136 Å². The molecule has 20 heavy (non-hydrogen) atoms. The summed E-state index contributed by atoms with van der Waals surface area (Å²) < 4.78 is 0. The molecule has 0 spiro atoms. The van der Waals surface area contributed by atoms with Crippen molar-refractivity contribution in [3.8, 4) is 0 Å². The highest BCUT2D eigenvalue weighted by atomic mass is 35.5. The van der Waals surface area contributed by atoms with Gasteiger partial charge in [0.05, 0.1) is 22.2 Å². The molecule has 2 aliphatic rings. The smallest absolute Gasteiger partial charge is 0.120 e. The number of halogens is 3. The minimum atomic E-state index is -0.514. The van der Waals surface area contributed by atoms with E-state index in [0.717, 1.165) is 47.8 Å². The molecule has 1 heterocycles. The third-order valence-corrected chi connectivity index (χ3v) is 5.49. The van der Waals surface area contributed by atoms with Crippen LogP contribution in [-0.2, 0) is 0 Å². The summed E-state index contributed by atoms with van der Waals surface area (Å²) in [5, 5.41) is 14.7. The van der Waals surface area contributed by atoms with Gasteiger partial charge in [0, 0.05) is 17.9 Å². The quantitative estimate of drug-likeness (QED) is 0.740. The Kier molecular flexibility index (Phi) is 5.25. The zero-order valence-corrected chi connectivity index (χ0v) is 13.6. The van der Waals surface area contributed by atoms with Gasteiger partial charge in [-0.05, 0) is 25.0 Å². The zero-order chi connectivity index (χ0) is 13.5. The van der Waals surface area contributed by atoms with Gasteiger partial charge in [0.15, 0.2) is 0 Å². The number of rotatable bonds is 1. The number of nitrogens with two attached hydrogens (primary N) is 1. The first-order valence-electron chi connectivity index (χ1n) is 7.11. The summed E-state index contributed by atoms with van der Waals surface area (Å²) in [5.41, 5.74) is 0.496. The van der Waals surface area contributed by atoms with Crippen molar-refractivity contribution in [3.63, 3.8) is 0 Å². The number of benzene rings is 1. The van der Waals surface area contributed by atoms with Crippen LogP contribution in [0.3, 0.4) is 0 Å². The van der Waals surface area contributed by atoms with Gasteiger partial charge in [-0.3, -0.25) is 0 Å². The van der Waals surface area contributed by atoms with Gasteiger partial charge >= 0.3 is 0 Å². The van der Waals surface area contributed by atoms with E-state index in [1.54, 1.807) is 0 Å². The van der Waals surface area contributed by atoms with E-state index < -0.39 is 5.60 Å². The average Bonchev–Trinajstić information content (AvgIpc) is 2.38. The van der Waals surface area contributed by atoms with Crippen LogP contribution in [-0.4, -0.2) is 17.3 Å². The summed E-state index contributed by atoms with van der Waals surface area (Å²) >= 11 is 12.7. The average molecular weight is 337 g/mol. The molecule has 3 unspecified atom stereocenters. The van der Waals surface area contributed by atoms with Crippen LogP contribution in [0, 0.1) is 5.92 Å². The van der Waals surface area contributed by atoms with E-state index in [4.69, 9.17) is 23.2 Å². The minimum Gasteiger partial charge on any atom is -1.00 e. The molecule has 0 amide bonds. The van der Waals surface area contributed by atoms with E-state index in [0.29, 0.717) is 0 Å². The molecule has 0 radical (unpaired) electrons. The lowest BCUT2D eigenvalue weighted by Gasteiger charge is -2.46. The van der Waals surface area contributed by atoms with Crippen LogP contribution >= 0.6 is 23.2 Å². The van der Waals surface area contributed by atoms with Gasteiger partial charge in [0.25, 0.3) is 0 Å². The second-order valence-electron chi connectivity index (χ2n) is 5.89. The summed E-state index contributed by atoms with van der Waals surface area (Å²) in [6.07, 6.45) is 5.20. The van der Waals surface area contributed by atoms with Crippen molar-refractivity contribution < 1.29 is 22.8 Å². The molecule has 2 fully saturated rings. The fourth-order valence-electron chi connectivity index (χ4n) is 3.90. The van der Waals surface area contributed by atoms with Crippen molar-refractivity contribution in [2.75, 3.05) is 6.54 Å². The highest BCUT2D eigenvalue weighted by Crippen LogP contribution is 2.45. The van der Waals surface area contributed by atoms with E-state index in [1.807, 2.05) is 18.2 Å². The highest BCUT2D eigenvalue weighted by Gasteiger charge is 2.49. The molecule has 1 aromatic rings. The largest absolute Gasteiger partial charge is 1.00 e. The van der Waals surface area contributed by atoms with Crippen LogP contribution < -0.4 is 17.7 Å². The van der Waals surface area contributed by atoms with Crippen LogP contribution in [0.1, 0.15) is 43.7 Å². The summed E-state index contributed by atoms with van der Waals surface area (Å²) in [6.45, 7) is 0.944. The van der Waals surface area contributed by atoms with Crippen LogP contribution in [0.4, 0.5) is 0 Å². The Hall–Kier alpha value is 0.01000. The summed E-state index contributed by atoms with van der Waals surface area (Å²) in [5.74, 6) is 0.271. The topological polar surface area (TPSA) is 36.8 Å². The molecule has 1 saturated carbocycles. The number of quaternary nitrogens is 1. The van der Waals surface area contributed by atoms with Crippen molar-refractivity contribution in [3.05, 3.63) is 33.8 Å². The van der Waals surface area contributed by atoms with Crippen LogP contribution in [0.5, 0.6) is 0 Å². The molecule has 2 nitrogen and oxygen atoms in total. The summed E-state index contributed by atoms with van der Waals surface area (Å²) in [7, 11) is 0. The van der Waals surface area contributed by atoms with Gasteiger partial charge in [-0.1, -0.05) is 42.1 Å². The van der Waals surface area contributed by atoms with Gasteiger partial charge in [-0.15, -0.1) is 0 Å². The molecule has 3 atom stereocenters. The maximum absolute atomic E-state index is 10.9. The van der Waals surface area contributed by atoms with E-state index in [9.17, 15) is 5.11 Å². The maximum Gasteiger partial charge on any atom is 0.120 e. The minimum absolute atomic E-state index is 0. The molecule has 0 aromatic heterocycles. The lowest BCUT2D eigenvalue weighted by atomic mass is 9.67.